The molecule has 0 radical (unpaired) electrons. The zero-order chi connectivity index (χ0) is 16.8. The minimum atomic E-state index is 0.136. The Morgan fingerprint density at radius 3 is 2.30 bits per heavy atom. The molecule has 0 saturated carbocycles. The molecule has 1 aliphatic heterocycles. The lowest BCUT2D eigenvalue weighted by Gasteiger charge is -2.33. The number of ether oxygens (including phenoxy) is 1. The second kappa shape index (κ2) is 8.46. The van der Waals surface area contributed by atoms with E-state index in [4.69, 9.17) is 4.74 Å². The summed E-state index contributed by atoms with van der Waals surface area (Å²) in [6, 6.07) is 8.42. The molecule has 2 rings (SSSR count). The molecule has 128 valence electrons. The van der Waals surface area contributed by atoms with Gasteiger partial charge in [0.1, 0.15) is 0 Å². The molecule has 0 aliphatic carbocycles. The Kier molecular flexibility index (Phi) is 6.60. The van der Waals surface area contributed by atoms with Crippen molar-refractivity contribution in [3.8, 4) is 0 Å². The van der Waals surface area contributed by atoms with Crippen molar-refractivity contribution in [1.82, 2.24) is 10.2 Å². The van der Waals surface area contributed by atoms with Crippen LogP contribution in [0.3, 0.4) is 0 Å². The summed E-state index contributed by atoms with van der Waals surface area (Å²) in [5.41, 5.74) is 1.99. The summed E-state index contributed by atoms with van der Waals surface area (Å²) < 4.78 is 5.84. The summed E-state index contributed by atoms with van der Waals surface area (Å²) in [6.07, 6.45) is 2.42. The topological polar surface area (TPSA) is 41.6 Å². The maximum atomic E-state index is 12.6. The normalized spacial score (nSPS) is 16.3. The van der Waals surface area contributed by atoms with Gasteiger partial charge in [-0.3, -0.25) is 4.79 Å². The van der Waals surface area contributed by atoms with Gasteiger partial charge in [-0.05, 0) is 44.4 Å². The summed E-state index contributed by atoms with van der Waals surface area (Å²) in [4.78, 5) is 14.5. The molecule has 1 aliphatic rings. The maximum Gasteiger partial charge on any atom is 0.253 e. The van der Waals surface area contributed by atoms with E-state index in [1.807, 2.05) is 29.2 Å². The molecule has 0 bridgehead atoms. The van der Waals surface area contributed by atoms with E-state index in [1.165, 1.54) is 5.56 Å². The maximum absolute atomic E-state index is 12.6. The van der Waals surface area contributed by atoms with Gasteiger partial charge >= 0.3 is 0 Å². The van der Waals surface area contributed by atoms with Crippen LogP contribution in [0.5, 0.6) is 0 Å². The van der Waals surface area contributed by atoms with Crippen molar-refractivity contribution in [2.75, 3.05) is 13.1 Å². The van der Waals surface area contributed by atoms with Crippen LogP contribution >= 0.6 is 0 Å². The predicted octanol–water partition coefficient (Wildman–Crippen LogP) is 3.21. The van der Waals surface area contributed by atoms with Crippen LogP contribution in [0, 0.1) is 0 Å². The van der Waals surface area contributed by atoms with E-state index in [1.54, 1.807) is 0 Å². The van der Waals surface area contributed by atoms with Crippen LogP contribution in [0.25, 0.3) is 0 Å². The van der Waals surface area contributed by atoms with Crippen molar-refractivity contribution in [2.24, 2.45) is 0 Å². The van der Waals surface area contributed by atoms with Crippen LogP contribution in [0.1, 0.15) is 56.5 Å². The Morgan fingerprint density at radius 1 is 1.17 bits per heavy atom. The SMILES string of the molecule is CC(C)NCc1ccc(C(=O)N2CCC(OC(C)C)CC2)cc1. The molecule has 0 spiro atoms. The third kappa shape index (κ3) is 5.63. The highest BCUT2D eigenvalue weighted by Crippen LogP contribution is 2.18. The third-order valence-corrected chi connectivity index (χ3v) is 4.11. The molecule has 1 amide bonds. The fourth-order valence-corrected chi connectivity index (χ4v) is 2.85. The van der Waals surface area contributed by atoms with Gasteiger partial charge in [0.2, 0.25) is 0 Å². The molecule has 0 aromatic heterocycles. The zero-order valence-corrected chi connectivity index (χ0v) is 14.8. The molecule has 0 atom stereocenters. The summed E-state index contributed by atoms with van der Waals surface area (Å²) in [5, 5.41) is 3.38. The first-order valence-corrected chi connectivity index (χ1v) is 8.72. The van der Waals surface area contributed by atoms with Gasteiger partial charge < -0.3 is 15.0 Å². The van der Waals surface area contributed by atoms with E-state index in [9.17, 15) is 4.79 Å². The van der Waals surface area contributed by atoms with E-state index in [0.29, 0.717) is 12.1 Å². The molecular formula is C19H30N2O2. The van der Waals surface area contributed by atoms with Crippen LogP contribution in [-0.4, -0.2) is 42.1 Å². The van der Waals surface area contributed by atoms with Crippen LogP contribution in [0.15, 0.2) is 24.3 Å². The highest BCUT2D eigenvalue weighted by atomic mass is 16.5. The largest absolute Gasteiger partial charge is 0.375 e. The molecule has 1 heterocycles. The fourth-order valence-electron chi connectivity index (χ4n) is 2.85. The average molecular weight is 318 g/mol. The van der Waals surface area contributed by atoms with Crippen LogP contribution in [0.2, 0.25) is 0 Å². The molecule has 0 unspecified atom stereocenters. The smallest absolute Gasteiger partial charge is 0.253 e. The average Bonchev–Trinajstić information content (AvgIpc) is 2.53. The van der Waals surface area contributed by atoms with Gasteiger partial charge in [-0.1, -0.05) is 26.0 Å². The van der Waals surface area contributed by atoms with E-state index < -0.39 is 0 Å². The van der Waals surface area contributed by atoms with Crippen molar-refractivity contribution in [3.63, 3.8) is 0 Å². The lowest BCUT2D eigenvalue weighted by atomic mass is 10.1. The summed E-state index contributed by atoms with van der Waals surface area (Å²) in [6.45, 7) is 10.8. The molecular weight excluding hydrogens is 288 g/mol. The van der Waals surface area contributed by atoms with Gasteiger partial charge in [-0.2, -0.15) is 0 Å². The van der Waals surface area contributed by atoms with Gasteiger partial charge in [0.25, 0.3) is 5.91 Å². The second-order valence-corrected chi connectivity index (χ2v) is 6.91. The number of piperidine rings is 1. The van der Waals surface area contributed by atoms with Gasteiger partial charge in [0, 0.05) is 31.2 Å². The number of hydrogen-bond donors (Lipinski definition) is 1. The number of nitrogens with one attached hydrogen (secondary N) is 1. The number of rotatable bonds is 6. The minimum absolute atomic E-state index is 0.136. The van der Waals surface area contributed by atoms with E-state index in [-0.39, 0.29) is 12.0 Å². The molecule has 1 fully saturated rings. The standard InChI is InChI=1S/C19H30N2O2/c1-14(2)20-13-16-5-7-17(8-6-16)19(22)21-11-9-18(10-12-21)23-15(3)4/h5-8,14-15,18,20H,9-13H2,1-4H3. The van der Waals surface area contributed by atoms with E-state index >= 15 is 0 Å². The Bertz CT molecular complexity index is 489. The Hall–Kier alpha value is -1.39. The molecule has 4 heteroatoms. The molecule has 4 nitrogen and oxygen atoms in total. The summed E-state index contributed by atoms with van der Waals surface area (Å²) >= 11 is 0. The quantitative estimate of drug-likeness (QED) is 0.875. The van der Waals surface area contributed by atoms with Crippen LogP contribution in [-0.2, 0) is 11.3 Å². The molecule has 1 aromatic rings. The molecule has 1 N–H and O–H groups in total. The van der Waals surface area contributed by atoms with Gasteiger partial charge in [-0.15, -0.1) is 0 Å². The van der Waals surface area contributed by atoms with Gasteiger partial charge in [0.15, 0.2) is 0 Å². The number of carbonyl (C=O) groups excluding carboxylic acids is 1. The summed E-state index contributed by atoms with van der Waals surface area (Å²) in [5.74, 6) is 0.136. The van der Waals surface area contributed by atoms with Crippen LogP contribution in [0.4, 0.5) is 0 Å². The highest BCUT2D eigenvalue weighted by Gasteiger charge is 2.24. The number of amides is 1. The number of hydrogen-bond acceptors (Lipinski definition) is 3. The van der Waals surface area contributed by atoms with Crippen LogP contribution < -0.4 is 5.32 Å². The highest BCUT2D eigenvalue weighted by molar-refractivity contribution is 5.94. The lowest BCUT2D eigenvalue weighted by Crippen LogP contribution is -2.41. The number of likely N-dealkylation sites (tertiary alicyclic amines) is 1. The van der Waals surface area contributed by atoms with Crippen molar-refractivity contribution in [3.05, 3.63) is 35.4 Å². The van der Waals surface area contributed by atoms with Gasteiger partial charge in [0.05, 0.1) is 12.2 Å². The first-order valence-electron chi connectivity index (χ1n) is 8.72. The zero-order valence-electron chi connectivity index (χ0n) is 14.8. The Balaban J connectivity index is 1.86. The monoisotopic (exact) mass is 318 g/mol. The first kappa shape index (κ1) is 18.0. The van der Waals surface area contributed by atoms with Crippen molar-refractivity contribution < 1.29 is 9.53 Å². The fraction of sp³-hybridized carbons (Fsp3) is 0.632. The van der Waals surface area contributed by atoms with E-state index in [0.717, 1.165) is 38.0 Å². The van der Waals surface area contributed by atoms with E-state index in [2.05, 4.69) is 33.0 Å². The van der Waals surface area contributed by atoms with Crippen molar-refractivity contribution in [2.45, 2.75) is 65.3 Å². The Labute approximate surface area is 140 Å². The van der Waals surface area contributed by atoms with Crippen molar-refractivity contribution in [1.29, 1.82) is 0 Å². The number of nitrogens with zero attached hydrogens (tertiary/aromatic N) is 1. The second-order valence-electron chi connectivity index (χ2n) is 6.91. The third-order valence-electron chi connectivity index (χ3n) is 4.11. The van der Waals surface area contributed by atoms with Gasteiger partial charge in [-0.25, -0.2) is 0 Å². The minimum Gasteiger partial charge on any atom is -0.375 e. The molecule has 1 saturated heterocycles. The molecule has 23 heavy (non-hydrogen) atoms. The first-order chi connectivity index (χ1) is 11.0. The predicted molar refractivity (Wildman–Crippen MR) is 93.6 cm³/mol. The molecule has 1 aromatic carbocycles. The van der Waals surface area contributed by atoms with Crippen molar-refractivity contribution >= 4 is 5.91 Å². The Morgan fingerprint density at radius 2 is 1.78 bits per heavy atom. The lowest BCUT2D eigenvalue weighted by molar-refractivity contribution is -0.0236. The number of benzene rings is 1. The number of carbonyl (C=O) groups is 1. The summed E-state index contributed by atoms with van der Waals surface area (Å²) in [7, 11) is 0.